The molecule has 1 nitrogen and oxygen atoms in total. The van der Waals surface area contributed by atoms with E-state index in [9.17, 15) is 0 Å². The van der Waals surface area contributed by atoms with E-state index in [-0.39, 0.29) is 0 Å². The summed E-state index contributed by atoms with van der Waals surface area (Å²) < 4.78 is 0. The Morgan fingerprint density at radius 1 is 1.36 bits per heavy atom. The standard InChI is InChI=1S/C12H25NS/c1-9(2)7-8-14-12-6-5-11(13-4)10(12)3/h9-13H,5-8H2,1-4H3. The van der Waals surface area contributed by atoms with Crippen LogP contribution in [0.15, 0.2) is 0 Å². The molecule has 0 aromatic rings. The van der Waals surface area contributed by atoms with E-state index in [1.165, 1.54) is 25.0 Å². The van der Waals surface area contributed by atoms with Crippen molar-refractivity contribution in [1.29, 1.82) is 0 Å². The molecule has 0 aromatic heterocycles. The van der Waals surface area contributed by atoms with Gasteiger partial charge >= 0.3 is 0 Å². The Balaban J connectivity index is 2.19. The van der Waals surface area contributed by atoms with Crippen LogP contribution < -0.4 is 5.32 Å². The molecule has 0 bridgehead atoms. The van der Waals surface area contributed by atoms with Gasteiger partial charge in [-0.1, -0.05) is 20.8 Å². The maximum atomic E-state index is 3.43. The van der Waals surface area contributed by atoms with Crippen molar-refractivity contribution >= 4 is 11.8 Å². The van der Waals surface area contributed by atoms with Crippen LogP contribution in [0.2, 0.25) is 0 Å². The second kappa shape index (κ2) is 6.02. The fraction of sp³-hybridized carbons (Fsp3) is 1.00. The predicted molar refractivity (Wildman–Crippen MR) is 66.9 cm³/mol. The molecule has 84 valence electrons. The van der Waals surface area contributed by atoms with Crippen molar-refractivity contribution in [2.75, 3.05) is 12.8 Å². The van der Waals surface area contributed by atoms with Crippen LogP contribution in [0.25, 0.3) is 0 Å². The van der Waals surface area contributed by atoms with Crippen LogP contribution in [0, 0.1) is 11.8 Å². The zero-order chi connectivity index (χ0) is 10.6. The molecule has 1 fully saturated rings. The average Bonchev–Trinajstić information content (AvgIpc) is 2.47. The third kappa shape index (κ3) is 3.47. The first-order chi connectivity index (χ1) is 6.65. The van der Waals surface area contributed by atoms with Gasteiger partial charge in [0.2, 0.25) is 0 Å². The van der Waals surface area contributed by atoms with E-state index in [4.69, 9.17) is 0 Å². The summed E-state index contributed by atoms with van der Waals surface area (Å²) in [7, 11) is 2.10. The van der Waals surface area contributed by atoms with E-state index in [1.807, 2.05) is 0 Å². The Kier molecular flexibility index (Phi) is 5.32. The Morgan fingerprint density at radius 2 is 2.07 bits per heavy atom. The normalized spacial score (nSPS) is 32.8. The Hall–Kier alpha value is 0.310. The van der Waals surface area contributed by atoms with E-state index in [0.29, 0.717) is 0 Å². The number of rotatable bonds is 5. The van der Waals surface area contributed by atoms with Crippen molar-refractivity contribution in [1.82, 2.24) is 5.32 Å². The lowest BCUT2D eigenvalue weighted by atomic mass is 10.1. The van der Waals surface area contributed by atoms with Gasteiger partial charge in [-0.25, -0.2) is 0 Å². The molecule has 2 heteroatoms. The summed E-state index contributed by atoms with van der Waals surface area (Å²) in [6, 6.07) is 0.770. The van der Waals surface area contributed by atoms with Crippen molar-refractivity contribution in [2.45, 2.75) is 51.3 Å². The molecular formula is C12H25NS. The molecule has 1 N–H and O–H groups in total. The Labute approximate surface area is 93.4 Å². The summed E-state index contributed by atoms with van der Waals surface area (Å²) in [5.74, 6) is 3.07. The van der Waals surface area contributed by atoms with Crippen molar-refractivity contribution in [3.05, 3.63) is 0 Å². The van der Waals surface area contributed by atoms with E-state index in [1.54, 1.807) is 0 Å². The van der Waals surface area contributed by atoms with Gasteiger partial charge in [0.15, 0.2) is 0 Å². The molecule has 1 saturated carbocycles. The molecule has 0 amide bonds. The quantitative estimate of drug-likeness (QED) is 0.756. The molecule has 0 saturated heterocycles. The number of hydrogen-bond donors (Lipinski definition) is 1. The third-order valence-electron chi connectivity index (χ3n) is 3.38. The van der Waals surface area contributed by atoms with E-state index < -0.39 is 0 Å². The van der Waals surface area contributed by atoms with Crippen LogP contribution in [0.4, 0.5) is 0 Å². The maximum absolute atomic E-state index is 3.43. The van der Waals surface area contributed by atoms with Crippen molar-refractivity contribution in [3.8, 4) is 0 Å². The molecule has 0 aromatic carbocycles. The second-order valence-electron chi connectivity index (χ2n) is 4.92. The van der Waals surface area contributed by atoms with Gasteiger partial charge < -0.3 is 5.32 Å². The molecule has 0 heterocycles. The maximum Gasteiger partial charge on any atom is 0.0101 e. The highest BCUT2D eigenvalue weighted by atomic mass is 32.2. The van der Waals surface area contributed by atoms with Gasteiger partial charge in [0.05, 0.1) is 0 Å². The van der Waals surface area contributed by atoms with Crippen LogP contribution in [-0.4, -0.2) is 24.1 Å². The highest BCUT2D eigenvalue weighted by Crippen LogP contribution is 2.35. The van der Waals surface area contributed by atoms with Gasteiger partial charge in [0.25, 0.3) is 0 Å². The zero-order valence-corrected chi connectivity index (χ0v) is 10.9. The first-order valence-electron chi connectivity index (χ1n) is 5.94. The molecule has 0 spiro atoms. The average molecular weight is 215 g/mol. The van der Waals surface area contributed by atoms with E-state index >= 15 is 0 Å². The van der Waals surface area contributed by atoms with Crippen LogP contribution in [-0.2, 0) is 0 Å². The monoisotopic (exact) mass is 215 g/mol. The summed E-state index contributed by atoms with van der Waals surface area (Å²) in [4.78, 5) is 0. The van der Waals surface area contributed by atoms with Crippen LogP contribution >= 0.6 is 11.8 Å². The summed E-state index contributed by atoms with van der Waals surface area (Å²) >= 11 is 2.20. The molecule has 0 aliphatic heterocycles. The van der Waals surface area contributed by atoms with Gasteiger partial charge in [-0.05, 0) is 43.9 Å². The van der Waals surface area contributed by atoms with Gasteiger partial charge in [0, 0.05) is 11.3 Å². The molecule has 1 rings (SSSR count). The molecular weight excluding hydrogens is 190 g/mol. The smallest absolute Gasteiger partial charge is 0.0101 e. The Morgan fingerprint density at radius 3 is 2.57 bits per heavy atom. The topological polar surface area (TPSA) is 12.0 Å². The minimum Gasteiger partial charge on any atom is -0.317 e. The van der Waals surface area contributed by atoms with Crippen LogP contribution in [0.3, 0.4) is 0 Å². The largest absolute Gasteiger partial charge is 0.317 e. The summed E-state index contributed by atoms with van der Waals surface area (Å²) in [6.45, 7) is 7.03. The summed E-state index contributed by atoms with van der Waals surface area (Å²) in [6.07, 6.45) is 4.16. The molecule has 0 radical (unpaired) electrons. The van der Waals surface area contributed by atoms with E-state index in [2.05, 4.69) is 44.9 Å². The minimum absolute atomic E-state index is 0.770. The number of nitrogens with one attached hydrogen (secondary N) is 1. The van der Waals surface area contributed by atoms with Gasteiger partial charge in [0.1, 0.15) is 0 Å². The number of hydrogen-bond acceptors (Lipinski definition) is 2. The highest BCUT2D eigenvalue weighted by Gasteiger charge is 2.31. The van der Waals surface area contributed by atoms with Gasteiger partial charge in [-0.2, -0.15) is 11.8 Å². The molecule has 1 aliphatic rings. The zero-order valence-electron chi connectivity index (χ0n) is 10.0. The molecule has 1 aliphatic carbocycles. The summed E-state index contributed by atoms with van der Waals surface area (Å²) in [5, 5.41) is 4.34. The van der Waals surface area contributed by atoms with Crippen molar-refractivity contribution < 1.29 is 0 Å². The highest BCUT2D eigenvalue weighted by molar-refractivity contribution is 7.99. The van der Waals surface area contributed by atoms with Gasteiger partial charge in [-0.15, -0.1) is 0 Å². The lowest BCUT2D eigenvalue weighted by Crippen LogP contribution is -2.30. The minimum atomic E-state index is 0.770. The number of thioether (sulfide) groups is 1. The predicted octanol–water partition coefficient (Wildman–Crippen LogP) is 3.15. The molecule has 14 heavy (non-hydrogen) atoms. The van der Waals surface area contributed by atoms with Crippen molar-refractivity contribution in [3.63, 3.8) is 0 Å². The first kappa shape index (κ1) is 12.4. The summed E-state index contributed by atoms with van der Waals surface area (Å²) in [5.41, 5.74) is 0. The fourth-order valence-electron chi connectivity index (χ4n) is 2.23. The fourth-order valence-corrected chi connectivity index (χ4v) is 3.93. The molecule has 3 atom stereocenters. The second-order valence-corrected chi connectivity index (χ2v) is 6.27. The van der Waals surface area contributed by atoms with Crippen molar-refractivity contribution in [2.24, 2.45) is 11.8 Å². The Bertz CT molecular complexity index is 158. The van der Waals surface area contributed by atoms with Crippen LogP contribution in [0.5, 0.6) is 0 Å². The van der Waals surface area contributed by atoms with E-state index in [0.717, 1.165) is 23.1 Å². The SMILES string of the molecule is CNC1CCC(SCCC(C)C)C1C. The first-order valence-corrected chi connectivity index (χ1v) is 6.99. The lowest BCUT2D eigenvalue weighted by Gasteiger charge is -2.20. The molecule has 3 unspecified atom stereocenters. The lowest BCUT2D eigenvalue weighted by molar-refractivity contribution is 0.463. The van der Waals surface area contributed by atoms with Gasteiger partial charge in [-0.3, -0.25) is 0 Å². The van der Waals surface area contributed by atoms with Crippen LogP contribution in [0.1, 0.15) is 40.0 Å². The third-order valence-corrected chi connectivity index (χ3v) is 4.95.